The van der Waals surface area contributed by atoms with Gasteiger partial charge in [-0.2, -0.15) is 0 Å². The van der Waals surface area contributed by atoms with Crippen LogP contribution in [0.2, 0.25) is 0 Å². The number of nitrogens with one attached hydrogen (secondary N) is 1. The van der Waals surface area contributed by atoms with Crippen molar-refractivity contribution in [2.45, 2.75) is 12.5 Å². The summed E-state index contributed by atoms with van der Waals surface area (Å²) in [7, 11) is 0. The summed E-state index contributed by atoms with van der Waals surface area (Å²) in [5.74, 6) is -0.202. The fraction of sp³-hybridized carbons (Fsp3) is 0.182. The van der Waals surface area contributed by atoms with E-state index >= 15 is 0 Å². The number of hydrogen-bond donors (Lipinski definition) is 2. The first kappa shape index (κ1) is 17.3. The number of hydrogen-bond acceptors (Lipinski definition) is 2. The van der Waals surface area contributed by atoms with Crippen molar-refractivity contribution in [3.63, 3.8) is 0 Å². The smallest absolute Gasteiger partial charge is 0.131 e. The average Bonchev–Trinajstić information content (AvgIpc) is 2.67. The van der Waals surface area contributed by atoms with Crippen LogP contribution in [0.25, 0.3) is 11.1 Å². The van der Waals surface area contributed by atoms with Gasteiger partial charge in [-0.15, -0.1) is 0 Å². The van der Waals surface area contributed by atoms with E-state index in [-0.39, 0.29) is 5.82 Å². The van der Waals surface area contributed by atoms with Crippen LogP contribution in [0, 0.1) is 5.82 Å². The zero-order valence-corrected chi connectivity index (χ0v) is 14.0. The van der Waals surface area contributed by atoms with E-state index in [4.69, 9.17) is 0 Å². The lowest BCUT2D eigenvalue weighted by Gasteiger charge is -2.12. The molecule has 0 amide bonds. The van der Waals surface area contributed by atoms with Gasteiger partial charge in [-0.05, 0) is 35.7 Å². The quantitative estimate of drug-likeness (QED) is 0.629. The largest absolute Gasteiger partial charge is 0.387 e. The van der Waals surface area contributed by atoms with Crippen molar-refractivity contribution >= 4 is 0 Å². The van der Waals surface area contributed by atoms with E-state index < -0.39 is 6.10 Å². The molecule has 0 fully saturated rings. The minimum atomic E-state index is -0.496. The molecule has 0 aliphatic heterocycles. The molecule has 0 saturated heterocycles. The molecule has 0 bridgehead atoms. The second-order valence-electron chi connectivity index (χ2n) is 6.06. The van der Waals surface area contributed by atoms with Crippen molar-refractivity contribution in [2.24, 2.45) is 0 Å². The van der Waals surface area contributed by atoms with Gasteiger partial charge >= 0.3 is 0 Å². The first-order chi connectivity index (χ1) is 12.2. The minimum absolute atomic E-state index is 0.202. The summed E-state index contributed by atoms with van der Waals surface area (Å²) >= 11 is 0. The summed E-state index contributed by atoms with van der Waals surface area (Å²) in [4.78, 5) is 0. The SMILES string of the molecule is OC(CNCCc1ccc(-c2ccccc2F)cc1)c1ccccc1. The number of rotatable bonds is 7. The molecule has 0 spiro atoms. The zero-order valence-electron chi connectivity index (χ0n) is 14.0. The van der Waals surface area contributed by atoms with Crippen LogP contribution >= 0.6 is 0 Å². The predicted octanol–water partition coefficient (Wildman–Crippen LogP) is 4.36. The molecule has 3 aromatic rings. The summed E-state index contributed by atoms with van der Waals surface area (Å²) in [5, 5.41) is 13.4. The minimum Gasteiger partial charge on any atom is -0.387 e. The van der Waals surface area contributed by atoms with E-state index in [9.17, 15) is 9.50 Å². The Kier molecular flexibility index (Phi) is 5.94. The monoisotopic (exact) mass is 335 g/mol. The molecule has 0 aromatic heterocycles. The molecule has 0 aliphatic rings. The van der Waals surface area contributed by atoms with E-state index in [0.29, 0.717) is 12.1 Å². The first-order valence-corrected chi connectivity index (χ1v) is 8.51. The van der Waals surface area contributed by atoms with Crippen molar-refractivity contribution < 1.29 is 9.50 Å². The van der Waals surface area contributed by atoms with Crippen molar-refractivity contribution in [3.05, 3.63) is 95.8 Å². The van der Waals surface area contributed by atoms with Crippen molar-refractivity contribution in [3.8, 4) is 11.1 Å². The number of benzene rings is 3. The highest BCUT2D eigenvalue weighted by Crippen LogP contribution is 2.22. The predicted molar refractivity (Wildman–Crippen MR) is 99.8 cm³/mol. The van der Waals surface area contributed by atoms with Gasteiger partial charge in [0.25, 0.3) is 0 Å². The Bertz CT molecular complexity index is 787. The maximum Gasteiger partial charge on any atom is 0.131 e. The highest BCUT2D eigenvalue weighted by molar-refractivity contribution is 5.64. The lowest BCUT2D eigenvalue weighted by atomic mass is 10.0. The highest BCUT2D eigenvalue weighted by atomic mass is 19.1. The molecule has 0 heterocycles. The normalized spacial score (nSPS) is 12.1. The molecule has 3 heteroatoms. The first-order valence-electron chi connectivity index (χ1n) is 8.51. The summed E-state index contributed by atoms with van der Waals surface area (Å²) in [6.45, 7) is 1.31. The Morgan fingerprint density at radius 3 is 2.24 bits per heavy atom. The van der Waals surface area contributed by atoms with Crippen molar-refractivity contribution in [2.75, 3.05) is 13.1 Å². The molecular weight excluding hydrogens is 313 g/mol. The molecule has 1 unspecified atom stereocenters. The third-order valence-corrected chi connectivity index (χ3v) is 4.25. The van der Waals surface area contributed by atoms with E-state index in [1.807, 2.05) is 60.7 Å². The Morgan fingerprint density at radius 2 is 1.52 bits per heavy atom. The second-order valence-corrected chi connectivity index (χ2v) is 6.06. The van der Waals surface area contributed by atoms with Crippen LogP contribution in [0.15, 0.2) is 78.9 Å². The van der Waals surface area contributed by atoms with Crippen LogP contribution in [0.3, 0.4) is 0 Å². The van der Waals surface area contributed by atoms with E-state index in [2.05, 4.69) is 5.32 Å². The molecular formula is C22H22FNO. The summed E-state index contributed by atoms with van der Waals surface area (Å²) < 4.78 is 13.8. The molecule has 0 aliphatic carbocycles. The highest BCUT2D eigenvalue weighted by Gasteiger charge is 2.06. The standard InChI is InChI=1S/C22H22FNO/c23-21-9-5-4-8-20(21)18-12-10-17(11-13-18)14-15-24-16-22(25)19-6-2-1-3-7-19/h1-13,22,24-25H,14-16H2. The van der Waals surface area contributed by atoms with Crippen LogP contribution in [0.5, 0.6) is 0 Å². The molecule has 0 saturated carbocycles. The molecule has 0 radical (unpaired) electrons. The van der Waals surface area contributed by atoms with Gasteiger partial charge in [-0.1, -0.05) is 72.8 Å². The van der Waals surface area contributed by atoms with Crippen LogP contribution in [-0.2, 0) is 6.42 Å². The Labute approximate surface area is 148 Å². The molecule has 2 nitrogen and oxygen atoms in total. The fourth-order valence-electron chi connectivity index (χ4n) is 2.81. The Morgan fingerprint density at radius 1 is 0.840 bits per heavy atom. The van der Waals surface area contributed by atoms with E-state index in [1.54, 1.807) is 12.1 Å². The number of aliphatic hydroxyl groups excluding tert-OH is 1. The number of aliphatic hydroxyl groups is 1. The second kappa shape index (κ2) is 8.56. The molecule has 3 rings (SSSR count). The lowest BCUT2D eigenvalue weighted by molar-refractivity contribution is 0.175. The Balaban J connectivity index is 1.49. The summed E-state index contributed by atoms with van der Waals surface area (Å²) in [6.07, 6.45) is 0.364. The van der Waals surface area contributed by atoms with E-state index in [1.165, 1.54) is 11.6 Å². The molecule has 1 atom stereocenters. The van der Waals surface area contributed by atoms with Gasteiger partial charge in [-0.3, -0.25) is 0 Å². The van der Waals surface area contributed by atoms with Gasteiger partial charge in [-0.25, -0.2) is 4.39 Å². The van der Waals surface area contributed by atoms with Gasteiger partial charge in [0.05, 0.1) is 6.10 Å². The van der Waals surface area contributed by atoms with Gasteiger partial charge < -0.3 is 10.4 Å². The van der Waals surface area contributed by atoms with Crippen molar-refractivity contribution in [1.82, 2.24) is 5.32 Å². The maximum atomic E-state index is 13.8. The third kappa shape index (κ3) is 4.75. The van der Waals surface area contributed by atoms with Crippen LogP contribution in [0.4, 0.5) is 4.39 Å². The van der Waals surface area contributed by atoms with Crippen LogP contribution in [-0.4, -0.2) is 18.2 Å². The molecule has 3 aromatic carbocycles. The average molecular weight is 335 g/mol. The molecule has 2 N–H and O–H groups in total. The molecule has 25 heavy (non-hydrogen) atoms. The fourth-order valence-corrected chi connectivity index (χ4v) is 2.81. The topological polar surface area (TPSA) is 32.3 Å². The van der Waals surface area contributed by atoms with Crippen LogP contribution < -0.4 is 5.32 Å². The maximum absolute atomic E-state index is 13.8. The summed E-state index contributed by atoms with van der Waals surface area (Å²) in [6, 6.07) is 24.4. The van der Waals surface area contributed by atoms with Crippen LogP contribution in [0.1, 0.15) is 17.2 Å². The van der Waals surface area contributed by atoms with Gasteiger partial charge in [0, 0.05) is 12.1 Å². The summed E-state index contributed by atoms with van der Waals surface area (Å²) in [5.41, 5.74) is 3.61. The zero-order chi connectivity index (χ0) is 17.5. The lowest BCUT2D eigenvalue weighted by Crippen LogP contribution is -2.23. The van der Waals surface area contributed by atoms with Gasteiger partial charge in [0.2, 0.25) is 0 Å². The van der Waals surface area contributed by atoms with Gasteiger partial charge in [0.15, 0.2) is 0 Å². The van der Waals surface area contributed by atoms with Gasteiger partial charge in [0.1, 0.15) is 5.82 Å². The third-order valence-electron chi connectivity index (χ3n) is 4.25. The Hall–Kier alpha value is -2.49. The molecule has 128 valence electrons. The van der Waals surface area contributed by atoms with E-state index in [0.717, 1.165) is 24.1 Å². The van der Waals surface area contributed by atoms with Crippen molar-refractivity contribution in [1.29, 1.82) is 0 Å². The number of halogens is 1.